The lowest BCUT2D eigenvalue weighted by Gasteiger charge is -2.05. The SMILES string of the molecule is Cc1cc(C)nc(SCC(=O)N/N=C/c2ccccc2OCC#N)n1. The van der Waals surface area contributed by atoms with E-state index in [2.05, 4.69) is 20.5 Å². The summed E-state index contributed by atoms with van der Waals surface area (Å²) in [7, 11) is 0. The third kappa shape index (κ3) is 6.24. The molecule has 0 aliphatic rings. The van der Waals surface area contributed by atoms with Crippen LogP contribution in [0.5, 0.6) is 5.75 Å². The number of carbonyl (C=O) groups is 1. The summed E-state index contributed by atoms with van der Waals surface area (Å²) in [5, 5.41) is 13.1. The predicted octanol–water partition coefficient (Wildman–Crippen LogP) is 2.24. The predicted molar refractivity (Wildman–Crippen MR) is 95.5 cm³/mol. The van der Waals surface area contributed by atoms with Gasteiger partial charge in [-0.25, -0.2) is 15.4 Å². The van der Waals surface area contributed by atoms with Crippen molar-refractivity contribution in [3.8, 4) is 11.8 Å². The van der Waals surface area contributed by atoms with Crippen LogP contribution in [0.25, 0.3) is 0 Å². The number of aryl methyl sites for hydroxylation is 2. The van der Waals surface area contributed by atoms with Gasteiger partial charge >= 0.3 is 0 Å². The molecule has 7 nitrogen and oxygen atoms in total. The van der Waals surface area contributed by atoms with Crippen molar-refractivity contribution >= 4 is 23.9 Å². The first-order chi connectivity index (χ1) is 12.1. The van der Waals surface area contributed by atoms with Gasteiger partial charge in [0.05, 0.1) is 12.0 Å². The van der Waals surface area contributed by atoms with Crippen molar-refractivity contribution in [3.05, 3.63) is 47.3 Å². The first kappa shape index (κ1) is 18.4. The Morgan fingerprint density at radius 2 is 2.08 bits per heavy atom. The average molecular weight is 355 g/mol. The first-order valence-electron chi connectivity index (χ1n) is 7.44. The van der Waals surface area contributed by atoms with Crippen molar-refractivity contribution in [1.29, 1.82) is 5.26 Å². The van der Waals surface area contributed by atoms with Gasteiger partial charge in [-0.3, -0.25) is 4.79 Å². The van der Waals surface area contributed by atoms with E-state index in [0.717, 1.165) is 11.4 Å². The zero-order chi connectivity index (χ0) is 18.1. The Morgan fingerprint density at radius 3 is 2.80 bits per heavy atom. The van der Waals surface area contributed by atoms with E-state index in [4.69, 9.17) is 10.00 Å². The molecule has 0 saturated carbocycles. The smallest absolute Gasteiger partial charge is 0.250 e. The molecule has 0 radical (unpaired) electrons. The van der Waals surface area contributed by atoms with E-state index >= 15 is 0 Å². The summed E-state index contributed by atoms with van der Waals surface area (Å²) in [5.41, 5.74) is 4.84. The maximum absolute atomic E-state index is 11.9. The van der Waals surface area contributed by atoms with Crippen molar-refractivity contribution in [1.82, 2.24) is 15.4 Å². The summed E-state index contributed by atoms with van der Waals surface area (Å²) < 4.78 is 5.29. The number of nitrogens with one attached hydrogen (secondary N) is 1. The molecule has 25 heavy (non-hydrogen) atoms. The number of benzene rings is 1. The van der Waals surface area contributed by atoms with Crippen LogP contribution >= 0.6 is 11.8 Å². The molecule has 2 aromatic rings. The molecular formula is C17H17N5O2S. The Balaban J connectivity index is 1.87. The minimum atomic E-state index is -0.264. The summed E-state index contributed by atoms with van der Waals surface area (Å²) in [4.78, 5) is 20.4. The maximum Gasteiger partial charge on any atom is 0.250 e. The fourth-order valence-electron chi connectivity index (χ4n) is 1.92. The summed E-state index contributed by atoms with van der Waals surface area (Å²) in [6.45, 7) is 3.72. The van der Waals surface area contributed by atoms with Crippen LogP contribution < -0.4 is 10.2 Å². The molecule has 1 amide bonds. The summed E-state index contributed by atoms with van der Waals surface area (Å²) >= 11 is 1.25. The number of carbonyl (C=O) groups excluding carboxylic acids is 1. The molecule has 0 aliphatic carbocycles. The topological polar surface area (TPSA) is 100 Å². The standard InChI is InChI=1S/C17H17N5O2S/c1-12-9-13(2)21-17(20-12)25-11-16(23)22-19-10-14-5-3-4-6-15(14)24-8-7-18/h3-6,9-10H,8,11H2,1-2H3,(H,22,23)/b19-10+. The van der Waals surface area contributed by atoms with Gasteiger partial charge in [-0.2, -0.15) is 10.4 Å². The fraction of sp³-hybridized carbons (Fsp3) is 0.235. The lowest BCUT2D eigenvalue weighted by molar-refractivity contribution is -0.118. The number of rotatable bonds is 7. The largest absolute Gasteiger partial charge is 0.478 e. The van der Waals surface area contributed by atoms with Gasteiger partial charge in [-0.05, 0) is 32.0 Å². The highest BCUT2D eigenvalue weighted by Crippen LogP contribution is 2.16. The molecule has 0 fully saturated rings. The lowest BCUT2D eigenvalue weighted by Crippen LogP contribution is -2.20. The monoisotopic (exact) mass is 355 g/mol. The normalized spacial score (nSPS) is 10.4. The number of thioether (sulfide) groups is 1. The van der Waals surface area contributed by atoms with E-state index in [1.807, 2.05) is 32.0 Å². The number of hydrazone groups is 1. The molecule has 0 bridgehead atoms. The second-order valence-corrected chi connectivity index (χ2v) is 5.94. The van der Waals surface area contributed by atoms with Gasteiger partial charge in [-0.1, -0.05) is 23.9 Å². The van der Waals surface area contributed by atoms with Crippen LogP contribution in [0.15, 0.2) is 40.6 Å². The highest BCUT2D eigenvalue weighted by atomic mass is 32.2. The minimum absolute atomic E-state index is 0.0518. The Morgan fingerprint density at radius 1 is 1.36 bits per heavy atom. The van der Waals surface area contributed by atoms with Gasteiger partial charge in [0.15, 0.2) is 11.8 Å². The zero-order valence-electron chi connectivity index (χ0n) is 13.9. The van der Waals surface area contributed by atoms with Crippen LogP contribution in [0, 0.1) is 25.2 Å². The molecule has 1 aromatic heterocycles. The van der Waals surface area contributed by atoms with Crippen molar-refractivity contribution < 1.29 is 9.53 Å². The number of ether oxygens (including phenoxy) is 1. The quantitative estimate of drug-likeness (QED) is 0.354. The first-order valence-corrected chi connectivity index (χ1v) is 8.43. The highest BCUT2D eigenvalue weighted by Gasteiger charge is 2.05. The van der Waals surface area contributed by atoms with Gasteiger partial charge in [0.2, 0.25) is 0 Å². The molecule has 2 rings (SSSR count). The van der Waals surface area contributed by atoms with E-state index < -0.39 is 0 Å². The van der Waals surface area contributed by atoms with Crippen molar-refractivity contribution in [2.24, 2.45) is 5.10 Å². The Hall–Kier alpha value is -2.92. The second kappa shape index (κ2) is 9.39. The van der Waals surface area contributed by atoms with Gasteiger partial charge < -0.3 is 4.74 Å². The van der Waals surface area contributed by atoms with Gasteiger partial charge in [0.1, 0.15) is 11.8 Å². The summed E-state index contributed by atoms with van der Waals surface area (Å²) in [6, 6.07) is 10.9. The maximum atomic E-state index is 11.9. The number of amides is 1. The van der Waals surface area contributed by atoms with Crippen molar-refractivity contribution in [3.63, 3.8) is 0 Å². The molecule has 1 heterocycles. The number of nitrogens with zero attached hydrogens (tertiary/aromatic N) is 4. The van der Waals surface area contributed by atoms with Crippen LogP contribution in [0.2, 0.25) is 0 Å². The van der Waals surface area contributed by atoms with Gasteiger partial charge in [-0.15, -0.1) is 0 Å². The number of aromatic nitrogens is 2. The van der Waals surface area contributed by atoms with E-state index in [1.165, 1.54) is 18.0 Å². The molecule has 0 unspecified atom stereocenters. The fourth-order valence-corrected chi connectivity index (χ4v) is 2.66. The van der Waals surface area contributed by atoms with E-state index in [1.54, 1.807) is 18.2 Å². The molecule has 0 spiro atoms. The molecular weight excluding hydrogens is 338 g/mol. The molecule has 0 atom stereocenters. The third-order valence-electron chi connectivity index (χ3n) is 2.90. The van der Waals surface area contributed by atoms with Crippen LogP contribution in [0.3, 0.4) is 0 Å². The number of para-hydroxylation sites is 1. The molecule has 128 valence electrons. The molecule has 8 heteroatoms. The number of nitriles is 1. The second-order valence-electron chi connectivity index (χ2n) is 5.00. The molecule has 0 aliphatic heterocycles. The Labute approximate surface area is 150 Å². The van der Waals surface area contributed by atoms with Crippen LogP contribution in [0.1, 0.15) is 17.0 Å². The number of hydrogen-bond donors (Lipinski definition) is 1. The summed E-state index contributed by atoms with van der Waals surface area (Å²) in [5.74, 6) is 0.423. The van der Waals surface area contributed by atoms with Gasteiger partial charge in [0, 0.05) is 17.0 Å². The molecule has 1 N–H and O–H groups in total. The highest BCUT2D eigenvalue weighted by molar-refractivity contribution is 7.99. The number of hydrogen-bond acceptors (Lipinski definition) is 7. The van der Waals surface area contributed by atoms with Gasteiger partial charge in [0.25, 0.3) is 5.91 Å². The summed E-state index contributed by atoms with van der Waals surface area (Å²) in [6.07, 6.45) is 1.47. The van der Waals surface area contributed by atoms with E-state index in [-0.39, 0.29) is 18.3 Å². The average Bonchev–Trinajstić information content (AvgIpc) is 2.58. The lowest BCUT2D eigenvalue weighted by atomic mass is 10.2. The van der Waals surface area contributed by atoms with Crippen LogP contribution in [0.4, 0.5) is 0 Å². The van der Waals surface area contributed by atoms with Crippen molar-refractivity contribution in [2.75, 3.05) is 12.4 Å². The third-order valence-corrected chi connectivity index (χ3v) is 3.75. The minimum Gasteiger partial charge on any atom is -0.478 e. The van der Waals surface area contributed by atoms with Crippen molar-refractivity contribution in [2.45, 2.75) is 19.0 Å². The van der Waals surface area contributed by atoms with E-state index in [9.17, 15) is 4.79 Å². The molecule has 0 saturated heterocycles. The Kier molecular flexibility index (Phi) is 6.92. The Bertz CT molecular complexity index is 797. The van der Waals surface area contributed by atoms with E-state index in [0.29, 0.717) is 16.5 Å². The zero-order valence-corrected chi connectivity index (χ0v) is 14.7. The van der Waals surface area contributed by atoms with Crippen LogP contribution in [-0.4, -0.2) is 34.4 Å². The van der Waals surface area contributed by atoms with Crippen LogP contribution in [-0.2, 0) is 4.79 Å². The molecule has 1 aromatic carbocycles.